The molecule has 2 aromatic rings. The first-order chi connectivity index (χ1) is 11.3. The van der Waals surface area contributed by atoms with E-state index >= 15 is 0 Å². The van der Waals surface area contributed by atoms with Crippen molar-refractivity contribution in [3.8, 4) is 11.6 Å². The Hall–Kier alpha value is -1.88. The third-order valence-electron chi connectivity index (χ3n) is 5.09. The molecule has 0 unspecified atom stereocenters. The molecule has 2 aliphatic rings. The molecule has 5 heteroatoms. The van der Waals surface area contributed by atoms with Crippen LogP contribution in [0.4, 0.5) is 0 Å². The summed E-state index contributed by atoms with van der Waals surface area (Å²) in [5.41, 5.74) is 3.79. The minimum absolute atomic E-state index is 0.556. The summed E-state index contributed by atoms with van der Waals surface area (Å²) >= 11 is 0. The summed E-state index contributed by atoms with van der Waals surface area (Å²) < 4.78 is 5.86. The van der Waals surface area contributed by atoms with Gasteiger partial charge in [-0.15, -0.1) is 0 Å². The molecule has 1 saturated carbocycles. The minimum Gasteiger partial charge on any atom is -0.437 e. The number of aromatic nitrogens is 2. The maximum atomic E-state index is 5.86. The van der Waals surface area contributed by atoms with Crippen LogP contribution in [0, 0.1) is 0 Å². The normalized spacial score (nSPS) is 18.8. The molecule has 4 nitrogen and oxygen atoms in total. The van der Waals surface area contributed by atoms with Crippen molar-refractivity contribution in [3.63, 3.8) is 0 Å². The monoisotopic (exact) mass is 307 g/mol. The summed E-state index contributed by atoms with van der Waals surface area (Å²) in [6.45, 7) is 2.37. The van der Waals surface area contributed by atoms with Gasteiger partial charge in [-0.3, -0.25) is 9.88 Å². The highest BCUT2D eigenvalue weighted by Crippen LogP contribution is 2.29. The van der Waals surface area contributed by atoms with E-state index in [1.54, 1.807) is 12.4 Å². The smallest absolute Gasteiger partial charge is 0.237 e. The van der Waals surface area contributed by atoms with Crippen LogP contribution in [0.3, 0.4) is 0 Å². The molecule has 1 aromatic carbocycles. The lowest BCUT2D eigenvalue weighted by molar-refractivity contribution is 0.133. The van der Waals surface area contributed by atoms with E-state index < -0.39 is 0 Å². The molecule has 0 radical (unpaired) electrons. The second kappa shape index (κ2) is 6.32. The van der Waals surface area contributed by atoms with Crippen LogP contribution in [0.15, 0.2) is 30.6 Å². The van der Waals surface area contributed by atoms with Gasteiger partial charge >= 0.3 is 0 Å². The summed E-state index contributed by atoms with van der Waals surface area (Å²) in [6.07, 6.45) is 9.85. The predicted octanol–water partition coefficient (Wildman–Crippen LogP) is 1.48. The summed E-state index contributed by atoms with van der Waals surface area (Å²) in [7, 11) is 1.92. The Labute approximate surface area is 138 Å². The first-order valence-corrected chi connectivity index (χ1v) is 8.60. The average Bonchev–Trinajstić information content (AvgIpc) is 2.71. The van der Waals surface area contributed by atoms with E-state index in [2.05, 4.69) is 33.1 Å². The Balaban J connectivity index is 1.48. The summed E-state index contributed by atoms with van der Waals surface area (Å²) in [6, 6.07) is 7.29. The first-order valence-electron chi connectivity index (χ1n) is 8.60. The SMILES string of the molecule is Bc1cnc(Oc2ccc3c(c2)CCN(C2CCC2)CC3)cn1. The van der Waals surface area contributed by atoms with Gasteiger partial charge in [0.05, 0.1) is 6.20 Å². The average molecular weight is 307 g/mol. The van der Waals surface area contributed by atoms with Crippen molar-refractivity contribution in [1.29, 1.82) is 0 Å². The molecular formula is C18H22BN3O. The number of benzene rings is 1. The molecule has 23 heavy (non-hydrogen) atoms. The molecule has 2 heterocycles. The third kappa shape index (κ3) is 3.25. The van der Waals surface area contributed by atoms with Gasteiger partial charge in [0.2, 0.25) is 5.88 Å². The highest BCUT2D eigenvalue weighted by molar-refractivity contribution is 6.30. The second-order valence-electron chi connectivity index (χ2n) is 6.65. The van der Waals surface area contributed by atoms with Crippen molar-refractivity contribution in [2.75, 3.05) is 13.1 Å². The minimum atomic E-state index is 0.556. The van der Waals surface area contributed by atoms with Crippen LogP contribution in [0.5, 0.6) is 11.6 Å². The van der Waals surface area contributed by atoms with E-state index in [0.29, 0.717) is 5.88 Å². The molecule has 1 aliphatic carbocycles. The van der Waals surface area contributed by atoms with E-state index in [0.717, 1.165) is 30.2 Å². The Bertz CT molecular complexity index is 685. The number of fused-ring (bicyclic) bond motifs is 1. The van der Waals surface area contributed by atoms with Gasteiger partial charge in [0, 0.05) is 30.9 Å². The van der Waals surface area contributed by atoms with Crippen molar-refractivity contribution >= 4 is 13.4 Å². The fourth-order valence-corrected chi connectivity index (χ4v) is 3.45. The summed E-state index contributed by atoms with van der Waals surface area (Å²) in [5.74, 6) is 1.42. The maximum absolute atomic E-state index is 5.86. The Morgan fingerprint density at radius 3 is 2.57 bits per heavy atom. The van der Waals surface area contributed by atoms with Gasteiger partial charge in [0.15, 0.2) is 7.85 Å². The van der Waals surface area contributed by atoms with Crippen LogP contribution in [0.1, 0.15) is 30.4 Å². The number of hydrogen-bond donors (Lipinski definition) is 0. The molecule has 0 N–H and O–H groups in total. The molecule has 0 saturated heterocycles. The zero-order valence-corrected chi connectivity index (χ0v) is 13.7. The number of ether oxygens (including phenoxy) is 1. The van der Waals surface area contributed by atoms with Gasteiger partial charge < -0.3 is 4.74 Å². The molecule has 0 amide bonds. The maximum Gasteiger partial charge on any atom is 0.237 e. The van der Waals surface area contributed by atoms with Crippen LogP contribution in [-0.4, -0.2) is 41.8 Å². The van der Waals surface area contributed by atoms with E-state index in [4.69, 9.17) is 4.74 Å². The lowest BCUT2D eigenvalue weighted by Crippen LogP contribution is -2.41. The molecule has 0 atom stereocenters. The van der Waals surface area contributed by atoms with Crippen molar-refractivity contribution in [2.24, 2.45) is 0 Å². The lowest BCUT2D eigenvalue weighted by atomic mass is 9.91. The van der Waals surface area contributed by atoms with Crippen LogP contribution >= 0.6 is 0 Å². The zero-order chi connectivity index (χ0) is 15.6. The molecule has 4 rings (SSSR count). The Morgan fingerprint density at radius 2 is 1.87 bits per heavy atom. The van der Waals surface area contributed by atoms with Gasteiger partial charge in [0.25, 0.3) is 0 Å². The van der Waals surface area contributed by atoms with Crippen molar-refractivity contribution in [1.82, 2.24) is 14.9 Å². The standard InChI is InChI=1S/C18H22BN3O/c19-17-11-21-18(12-20-17)23-16-5-4-13-6-8-22(15-2-1-3-15)9-7-14(13)10-16/h4-5,10-12,15H,1-3,6-9,19H2. The molecular weight excluding hydrogens is 285 g/mol. The Kier molecular flexibility index (Phi) is 4.04. The second-order valence-corrected chi connectivity index (χ2v) is 6.65. The van der Waals surface area contributed by atoms with Crippen molar-refractivity contribution in [3.05, 3.63) is 41.7 Å². The number of hydrogen-bond acceptors (Lipinski definition) is 4. The number of nitrogens with zero attached hydrogens (tertiary/aromatic N) is 3. The summed E-state index contributed by atoms with van der Waals surface area (Å²) in [4.78, 5) is 11.2. The third-order valence-corrected chi connectivity index (χ3v) is 5.09. The van der Waals surface area contributed by atoms with Gasteiger partial charge in [-0.25, -0.2) is 4.98 Å². The number of rotatable bonds is 3. The topological polar surface area (TPSA) is 38.2 Å². The van der Waals surface area contributed by atoms with Crippen LogP contribution < -0.4 is 10.3 Å². The molecule has 0 bridgehead atoms. The highest BCUT2D eigenvalue weighted by Gasteiger charge is 2.26. The fourth-order valence-electron chi connectivity index (χ4n) is 3.45. The van der Waals surface area contributed by atoms with E-state index in [1.807, 2.05) is 7.85 Å². The lowest BCUT2D eigenvalue weighted by Gasteiger charge is -2.36. The molecule has 1 aliphatic heterocycles. The quantitative estimate of drug-likeness (QED) is 0.805. The van der Waals surface area contributed by atoms with Gasteiger partial charge in [-0.2, -0.15) is 0 Å². The van der Waals surface area contributed by atoms with Crippen molar-refractivity contribution < 1.29 is 4.74 Å². The zero-order valence-electron chi connectivity index (χ0n) is 13.7. The van der Waals surface area contributed by atoms with Gasteiger partial charge in [0.1, 0.15) is 5.75 Å². The van der Waals surface area contributed by atoms with E-state index in [9.17, 15) is 0 Å². The molecule has 0 spiro atoms. The predicted molar refractivity (Wildman–Crippen MR) is 93.3 cm³/mol. The molecule has 118 valence electrons. The fraction of sp³-hybridized carbons (Fsp3) is 0.444. The van der Waals surface area contributed by atoms with Crippen LogP contribution in [-0.2, 0) is 12.8 Å². The van der Waals surface area contributed by atoms with Crippen LogP contribution in [0.25, 0.3) is 0 Å². The van der Waals surface area contributed by atoms with E-state index in [-0.39, 0.29) is 0 Å². The van der Waals surface area contributed by atoms with Crippen molar-refractivity contribution in [2.45, 2.75) is 38.1 Å². The first kappa shape index (κ1) is 14.7. The molecule has 1 fully saturated rings. The molecule has 1 aromatic heterocycles. The van der Waals surface area contributed by atoms with Gasteiger partial charge in [-0.1, -0.05) is 12.5 Å². The Morgan fingerprint density at radius 1 is 1.04 bits per heavy atom. The summed E-state index contributed by atoms with van der Waals surface area (Å²) in [5, 5.41) is 0. The van der Waals surface area contributed by atoms with Gasteiger partial charge in [-0.05, 0) is 48.9 Å². The van der Waals surface area contributed by atoms with E-state index in [1.165, 1.54) is 43.5 Å². The highest BCUT2D eigenvalue weighted by atomic mass is 16.5. The van der Waals surface area contributed by atoms with Crippen LogP contribution in [0.2, 0.25) is 0 Å². The largest absolute Gasteiger partial charge is 0.437 e.